The zero-order valence-corrected chi connectivity index (χ0v) is 12.7. The summed E-state index contributed by atoms with van der Waals surface area (Å²) in [5, 5.41) is 2.89. The second-order valence-corrected chi connectivity index (χ2v) is 5.59. The van der Waals surface area contributed by atoms with Gasteiger partial charge in [0.15, 0.2) is 0 Å². The molecule has 0 aliphatic carbocycles. The van der Waals surface area contributed by atoms with Crippen LogP contribution in [-0.2, 0) is 0 Å². The van der Waals surface area contributed by atoms with Crippen molar-refractivity contribution in [1.29, 1.82) is 0 Å². The average molecular weight is 336 g/mol. The van der Waals surface area contributed by atoms with Crippen molar-refractivity contribution in [3.63, 3.8) is 0 Å². The molecule has 0 aliphatic rings. The van der Waals surface area contributed by atoms with Gasteiger partial charge in [-0.3, -0.25) is 4.79 Å². The summed E-state index contributed by atoms with van der Waals surface area (Å²) in [6, 6.07) is 13.6. The molecule has 2 aromatic rings. The van der Waals surface area contributed by atoms with E-state index in [1.165, 1.54) is 12.1 Å². The Morgan fingerprint density at radius 3 is 2.60 bits per heavy atom. The van der Waals surface area contributed by atoms with Gasteiger partial charge in [-0.05, 0) is 41.8 Å². The van der Waals surface area contributed by atoms with E-state index in [2.05, 4.69) is 21.2 Å². The van der Waals surface area contributed by atoms with Crippen LogP contribution in [0.5, 0.6) is 0 Å². The number of amides is 1. The van der Waals surface area contributed by atoms with E-state index in [0.29, 0.717) is 12.1 Å². The fourth-order valence-electron chi connectivity index (χ4n) is 1.89. The molecular formula is C16H15BrFNO. The number of hydrogen-bond donors (Lipinski definition) is 1. The Morgan fingerprint density at radius 2 is 1.95 bits per heavy atom. The highest BCUT2D eigenvalue weighted by atomic mass is 79.9. The molecule has 2 aromatic carbocycles. The summed E-state index contributed by atoms with van der Waals surface area (Å²) in [4.78, 5) is 12.0. The predicted molar refractivity (Wildman–Crippen MR) is 81.3 cm³/mol. The molecular weight excluding hydrogens is 321 g/mol. The lowest BCUT2D eigenvalue weighted by molar-refractivity contribution is 0.0951. The molecule has 20 heavy (non-hydrogen) atoms. The minimum absolute atomic E-state index is 0.111. The normalized spacial score (nSPS) is 11.9. The number of benzene rings is 2. The van der Waals surface area contributed by atoms with E-state index >= 15 is 0 Å². The van der Waals surface area contributed by atoms with Crippen molar-refractivity contribution in [2.24, 2.45) is 0 Å². The van der Waals surface area contributed by atoms with Crippen molar-refractivity contribution in [2.45, 2.75) is 12.8 Å². The second kappa shape index (κ2) is 6.66. The SMILES string of the molecule is CC(CNC(=O)c1cccc(Br)c1)c1ccc(F)cc1. The average Bonchev–Trinajstić information content (AvgIpc) is 2.45. The van der Waals surface area contributed by atoms with Gasteiger partial charge in [-0.2, -0.15) is 0 Å². The highest BCUT2D eigenvalue weighted by molar-refractivity contribution is 9.10. The molecule has 0 radical (unpaired) electrons. The first kappa shape index (κ1) is 14.7. The van der Waals surface area contributed by atoms with Gasteiger partial charge in [-0.25, -0.2) is 4.39 Å². The molecule has 104 valence electrons. The predicted octanol–water partition coefficient (Wildman–Crippen LogP) is 4.12. The van der Waals surface area contributed by atoms with E-state index in [1.54, 1.807) is 24.3 Å². The summed E-state index contributed by atoms with van der Waals surface area (Å²) >= 11 is 3.34. The lowest BCUT2D eigenvalue weighted by Crippen LogP contribution is -2.27. The third kappa shape index (κ3) is 3.90. The van der Waals surface area contributed by atoms with E-state index in [4.69, 9.17) is 0 Å². The summed E-state index contributed by atoms with van der Waals surface area (Å²) in [6.07, 6.45) is 0. The topological polar surface area (TPSA) is 29.1 Å². The Hall–Kier alpha value is -1.68. The lowest BCUT2D eigenvalue weighted by Gasteiger charge is -2.13. The molecule has 0 spiro atoms. The van der Waals surface area contributed by atoms with Crippen LogP contribution in [0.4, 0.5) is 4.39 Å². The van der Waals surface area contributed by atoms with Crippen molar-refractivity contribution in [1.82, 2.24) is 5.32 Å². The van der Waals surface area contributed by atoms with Crippen molar-refractivity contribution >= 4 is 21.8 Å². The molecule has 1 unspecified atom stereocenters. The first-order valence-electron chi connectivity index (χ1n) is 6.35. The van der Waals surface area contributed by atoms with Crippen molar-refractivity contribution < 1.29 is 9.18 Å². The number of halogens is 2. The van der Waals surface area contributed by atoms with Crippen LogP contribution in [0.1, 0.15) is 28.8 Å². The van der Waals surface area contributed by atoms with Gasteiger partial charge in [-0.1, -0.05) is 41.1 Å². The van der Waals surface area contributed by atoms with Crippen molar-refractivity contribution in [2.75, 3.05) is 6.54 Å². The summed E-state index contributed by atoms with van der Waals surface area (Å²) in [5.74, 6) is -0.230. The first-order valence-corrected chi connectivity index (χ1v) is 7.15. The van der Waals surface area contributed by atoms with Crippen LogP contribution < -0.4 is 5.32 Å². The zero-order valence-electron chi connectivity index (χ0n) is 11.1. The monoisotopic (exact) mass is 335 g/mol. The molecule has 2 rings (SSSR count). The van der Waals surface area contributed by atoms with Crippen LogP contribution in [0.15, 0.2) is 53.0 Å². The van der Waals surface area contributed by atoms with E-state index in [9.17, 15) is 9.18 Å². The second-order valence-electron chi connectivity index (χ2n) is 4.67. The molecule has 1 N–H and O–H groups in total. The molecule has 0 aliphatic heterocycles. The molecule has 0 saturated carbocycles. The number of hydrogen-bond acceptors (Lipinski definition) is 1. The van der Waals surface area contributed by atoms with Gasteiger partial charge in [0.2, 0.25) is 0 Å². The molecule has 2 nitrogen and oxygen atoms in total. The van der Waals surface area contributed by atoms with Crippen molar-refractivity contribution in [3.05, 3.63) is 69.9 Å². The molecule has 0 aromatic heterocycles. The summed E-state index contributed by atoms with van der Waals surface area (Å²) < 4.78 is 13.7. The maximum Gasteiger partial charge on any atom is 0.251 e. The lowest BCUT2D eigenvalue weighted by atomic mass is 10.0. The number of rotatable bonds is 4. The Balaban J connectivity index is 1.94. The molecule has 1 amide bonds. The third-order valence-corrected chi connectivity index (χ3v) is 3.59. The van der Waals surface area contributed by atoms with E-state index in [-0.39, 0.29) is 17.6 Å². The molecule has 0 saturated heterocycles. The van der Waals surface area contributed by atoms with Gasteiger partial charge in [0.25, 0.3) is 5.91 Å². The summed E-state index contributed by atoms with van der Waals surface area (Å²) in [5.41, 5.74) is 1.62. The number of carbonyl (C=O) groups excluding carboxylic acids is 1. The van der Waals surface area contributed by atoms with Crippen molar-refractivity contribution in [3.8, 4) is 0 Å². The maximum atomic E-state index is 12.8. The Labute approximate surface area is 126 Å². The summed E-state index contributed by atoms with van der Waals surface area (Å²) in [6.45, 7) is 2.51. The van der Waals surface area contributed by atoms with Crippen LogP contribution in [-0.4, -0.2) is 12.5 Å². The standard InChI is InChI=1S/C16H15BrFNO/c1-11(12-5-7-15(18)8-6-12)10-19-16(20)13-3-2-4-14(17)9-13/h2-9,11H,10H2,1H3,(H,19,20). The van der Waals surface area contributed by atoms with Gasteiger partial charge in [-0.15, -0.1) is 0 Å². The highest BCUT2D eigenvalue weighted by Crippen LogP contribution is 2.15. The zero-order chi connectivity index (χ0) is 14.5. The van der Waals surface area contributed by atoms with Gasteiger partial charge in [0, 0.05) is 16.6 Å². The fourth-order valence-corrected chi connectivity index (χ4v) is 2.29. The van der Waals surface area contributed by atoms with Gasteiger partial charge in [0.1, 0.15) is 5.82 Å². The Morgan fingerprint density at radius 1 is 1.25 bits per heavy atom. The van der Waals surface area contributed by atoms with Crippen LogP contribution in [0.2, 0.25) is 0 Å². The Kier molecular flexibility index (Phi) is 4.90. The molecule has 0 heterocycles. The van der Waals surface area contributed by atoms with Crippen LogP contribution in [0.25, 0.3) is 0 Å². The largest absolute Gasteiger partial charge is 0.351 e. The van der Waals surface area contributed by atoms with E-state index in [0.717, 1.165) is 10.0 Å². The van der Waals surface area contributed by atoms with Crippen LogP contribution in [0.3, 0.4) is 0 Å². The quantitative estimate of drug-likeness (QED) is 0.894. The minimum atomic E-state index is -0.251. The number of carbonyl (C=O) groups is 1. The van der Waals surface area contributed by atoms with Crippen LogP contribution >= 0.6 is 15.9 Å². The Bertz CT molecular complexity index is 598. The molecule has 4 heteroatoms. The van der Waals surface area contributed by atoms with Crippen LogP contribution in [0, 0.1) is 5.82 Å². The maximum absolute atomic E-state index is 12.8. The molecule has 0 fully saturated rings. The highest BCUT2D eigenvalue weighted by Gasteiger charge is 2.09. The van der Waals surface area contributed by atoms with E-state index in [1.807, 2.05) is 19.1 Å². The fraction of sp³-hybridized carbons (Fsp3) is 0.188. The minimum Gasteiger partial charge on any atom is -0.351 e. The number of nitrogens with one attached hydrogen (secondary N) is 1. The van der Waals surface area contributed by atoms with Gasteiger partial charge < -0.3 is 5.32 Å². The van der Waals surface area contributed by atoms with Gasteiger partial charge in [0.05, 0.1) is 0 Å². The molecule has 1 atom stereocenters. The smallest absolute Gasteiger partial charge is 0.251 e. The molecule has 0 bridgehead atoms. The first-order chi connectivity index (χ1) is 9.56. The third-order valence-electron chi connectivity index (χ3n) is 3.09. The van der Waals surface area contributed by atoms with Gasteiger partial charge >= 0.3 is 0 Å². The summed E-state index contributed by atoms with van der Waals surface area (Å²) in [7, 11) is 0. The van der Waals surface area contributed by atoms with E-state index < -0.39 is 0 Å².